The van der Waals surface area contributed by atoms with Crippen LogP contribution in [0.4, 0.5) is 0 Å². The summed E-state index contributed by atoms with van der Waals surface area (Å²) in [6.07, 6.45) is 11.2. The van der Waals surface area contributed by atoms with E-state index in [2.05, 4.69) is 12.2 Å². The molecule has 0 aromatic rings. The van der Waals surface area contributed by atoms with Crippen molar-refractivity contribution in [3.8, 4) is 0 Å². The number of allylic oxidation sites excluding steroid dienone is 2. The van der Waals surface area contributed by atoms with Crippen LogP contribution in [0.1, 0.15) is 44.9 Å². The summed E-state index contributed by atoms with van der Waals surface area (Å²) < 4.78 is 4.73. The Morgan fingerprint density at radius 1 is 1.21 bits per heavy atom. The van der Waals surface area contributed by atoms with E-state index in [0.717, 1.165) is 44.9 Å². The molecule has 1 amide bonds. The molecule has 0 aliphatic heterocycles. The van der Waals surface area contributed by atoms with Crippen molar-refractivity contribution in [1.29, 1.82) is 0 Å². The lowest BCUT2D eigenvalue weighted by atomic mass is 9.92. The molecule has 0 bridgehead atoms. The zero-order chi connectivity index (χ0) is 13.7. The van der Waals surface area contributed by atoms with E-state index in [1.807, 2.05) is 0 Å². The molecule has 0 aromatic carbocycles. The average molecular weight is 265 g/mol. The summed E-state index contributed by atoms with van der Waals surface area (Å²) in [4.78, 5) is 25.9. The molecule has 0 heterocycles. The number of nitrogens with zero attached hydrogens (tertiary/aromatic N) is 1. The molecule has 2 aliphatic carbocycles. The van der Waals surface area contributed by atoms with Crippen molar-refractivity contribution in [2.24, 2.45) is 5.92 Å². The average Bonchev–Trinajstić information content (AvgIpc) is 2.98. The van der Waals surface area contributed by atoms with E-state index in [0.29, 0.717) is 0 Å². The van der Waals surface area contributed by atoms with E-state index in [1.165, 1.54) is 7.11 Å². The molecular formula is C15H23NO3. The maximum absolute atomic E-state index is 12.6. The molecule has 106 valence electrons. The Hall–Kier alpha value is -1.32. The van der Waals surface area contributed by atoms with Gasteiger partial charge in [0.25, 0.3) is 0 Å². The van der Waals surface area contributed by atoms with Gasteiger partial charge in [0.1, 0.15) is 6.54 Å². The smallest absolute Gasteiger partial charge is 0.325 e. The molecule has 1 atom stereocenters. The minimum atomic E-state index is -0.313. The lowest BCUT2D eigenvalue weighted by molar-refractivity contribution is -0.150. The third-order valence-corrected chi connectivity index (χ3v) is 4.19. The lowest BCUT2D eigenvalue weighted by Crippen LogP contribution is -2.45. The molecule has 1 fully saturated rings. The third-order valence-electron chi connectivity index (χ3n) is 4.19. The summed E-state index contributed by atoms with van der Waals surface area (Å²) in [5.41, 5.74) is 0. The number of methoxy groups -OCH3 is 1. The topological polar surface area (TPSA) is 46.6 Å². The van der Waals surface area contributed by atoms with E-state index in [4.69, 9.17) is 4.74 Å². The van der Waals surface area contributed by atoms with Gasteiger partial charge in [0, 0.05) is 12.0 Å². The van der Waals surface area contributed by atoms with Crippen LogP contribution in [-0.4, -0.2) is 36.5 Å². The molecule has 2 aliphatic rings. The maximum Gasteiger partial charge on any atom is 0.325 e. The van der Waals surface area contributed by atoms with Gasteiger partial charge in [-0.3, -0.25) is 9.59 Å². The Morgan fingerprint density at radius 2 is 1.95 bits per heavy atom. The fraction of sp³-hybridized carbons (Fsp3) is 0.733. The van der Waals surface area contributed by atoms with Gasteiger partial charge >= 0.3 is 5.97 Å². The number of amides is 1. The fourth-order valence-corrected chi connectivity index (χ4v) is 3.06. The number of hydrogen-bond acceptors (Lipinski definition) is 3. The van der Waals surface area contributed by atoms with Crippen molar-refractivity contribution in [3.05, 3.63) is 12.2 Å². The Morgan fingerprint density at radius 3 is 2.53 bits per heavy atom. The molecule has 0 N–H and O–H groups in total. The van der Waals surface area contributed by atoms with Crippen LogP contribution in [0.2, 0.25) is 0 Å². The number of esters is 1. The Kier molecular flexibility index (Phi) is 5.00. The van der Waals surface area contributed by atoms with E-state index < -0.39 is 0 Å². The van der Waals surface area contributed by atoms with Crippen LogP contribution in [0.15, 0.2) is 12.2 Å². The highest BCUT2D eigenvalue weighted by Crippen LogP contribution is 2.27. The van der Waals surface area contributed by atoms with Crippen LogP contribution >= 0.6 is 0 Å². The first-order chi connectivity index (χ1) is 9.22. The van der Waals surface area contributed by atoms with E-state index >= 15 is 0 Å². The first-order valence-corrected chi connectivity index (χ1v) is 7.24. The molecule has 0 radical (unpaired) electrons. The number of carbonyl (C=O) groups is 2. The molecular weight excluding hydrogens is 242 g/mol. The van der Waals surface area contributed by atoms with Gasteiger partial charge in [0.2, 0.25) is 5.91 Å². The summed E-state index contributed by atoms with van der Waals surface area (Å²) in [7, 11) is 1.38. The van der Waals surface area contributed by atoms with Crippen LogP contribution in [0.5, 0.6) is 0 Å². The van der Waals surface area contributed by atoms with Gasteiger partial charge in [-0.15, -0.1) is 0 Å². The number of ether oxygens (including phenoxy) is 1. The van der Waals surface area contributed by atoms with Crippen molar-refractivity contribution in [1.82, 2.24) is 4.90 Å². The summed E-state index contributed by atoms with van der Waals surface area (Å²) in [5.74, 6) is -0.122. The van der Waals surface area contributed by atoms with Gasteiger partial charge in [-0.1, -0.05) is 25.0 Å². The Labute approximate surface area is 114 Å². The molecule has 0 saturated heterocycles. The van der Waals surface area contributed by atoms with Crippen molar-refractivity contribution >= 4 is 11.9 Å². The summed E-state index contributed by atoms with van der Waals surface area (Å²) in [5, 5.41) is 0. The van der Waals surface area contributed by atoms with Gasteiger partial charge in [-0.25, -0.2) is 0 Å². The van der Waals surface area contributed by atoms with Crippen LogP contribution in [-0.2, 0) is 14.3 Å². The van der Waals surface area contributed by atoms with Crippen LogP contribution in [0, 0.1) is 5.92 Å². The second-order valence-electron chi connectivity index (χ2n) is 5.46. The molecule has 1 saturated carbocycles. The fourth-order valence-electron chi connectivity index (χ4n) is 3.06. The number of carbonyl (C=O) groups excluding carboxylic acids is 2. The minimum Gasteiger partial charge on any atom is -0.468 e. The highest BCUT2D eigenvalue weighted by molar-refractivity contribution is 5.84. The van der Waals surface area contributed by atoms with Crippen molar-refractivity contribution < 1.29 is 14.3 Å². The summed E-state index contributed by atoms with van der Waals surface area (Å²) in [6.45, 7) is 0.111. The van der Waals surface area contributed by atoms with E-state index in [-0.39, 0.29) is 30.4 Å². The van der Waals surface area contributed by atoms with Gasteiger partial charge < -0.3 is 9.64 Å². The summed E-state index contributed by atoms with van der Waals surface area (Å²) >= 11 is 0. The van der Waals surface area contributed by atoms with Gasteiger partial charge in [0.05, 0.1) is 7.11 Å². The largest absolute Gasteiger partial charge is 0.468 e. The predicted octanol–water partition coefficient (Wildman–Crippen LogP) is 2.29. The van der Waals surface area contributed by atoms with Crippen molar-refractivity contribution in [3.63, 3.8) is 0 Å². The van der Waals surface area contributed by atoms with Crippen LogP contribution in [0.3, 0.4) is 0 Å². The predicted molar refractivity (Wildman–Crippen MR) is 72.5 cm³/mol. The molecule has 0 spiro atoms. The number of hydrogen-bond donors (Lipinski definition) is 0. The SMILES string of the molecule is COC(=O)CN(C(=O)[C@H]1CC=CCC1)C1CCCC1. The normalized spacial score (nSPS) is 23.3. The van der Waals surface area contributed by atoms with Crippen LogP contribution < -0.4 is 0 Å². The second-order valence-corrected chi connectivity index (χ2v) is 5.46. The summed E-state index contributed by atoms with van der Waals surface area (Å²) in [6, 6.07) is 0.234. The minimum absolute atomic E-state index is 0.0512. The molecule has 0 unspecified atom stereocenters. The van der Waals surface area contributed by atoms with Crippen LogP contribution in [0.25, 0.3) is 0 Å². The highest BCUT2D eigenvalue weighted by atomic mass is 16.5. The Bertz CT molecular complexity index is 358. The second kappa shape index (κ2) is 6.73. The van der Waals surface area contributed by atoms with Crippen molar-refractivity contribution in [2.75, 3.05) is 13.7 Å². The zero-order valence-electron chi connectivity index (χ0n) is 11.6. The lowest BCUT2D eigenvalue weighted by Gasteiger charge is -2.32. The Balaban J connectivity index is 2.04. The third kappa shape index (κ3) is 3.58. The molecule has 19 heavy (non-hydrogen) atoms. The van der Waals surface area contributed by atoms with Gasteiger partial charge in [-0.05, 0) is 32.1 Å². The number of rotatable bonds is 4. The first kappa shape index (κ1) is 14.1. The monoisotopic (exact) mass is 265 g/mol. The standard InChI is InChI=1S/C15H23NO3/c1-19-14(17)11-16(13-9-5-6-10-13)15(18)12-7-3-2-4-8-12/h2-3,12-13H,4-11H2,1H3/t12-/m0/s1. The molecule has 2 rings (SSSR count). The van der Waals surface area contributed by atoms with Crippen molar-refractivity contribution in [2.45, 2.75) is 51.0 Å². The quantitative estimate of drug-likeness (QED) is 0.579. The van der Waals surface area contributed by atoms with E-state index in [1.54, 1.807) is 4.90 Å². The van der Waals surface area contributed by atoms with E-state index in [9.17, 15) is 9.59 Å². The maximum atomic E-state index is 12.6. The first-order valence-electron chi connectivity index (χ1n) is 7.24. The van der Waals surface area contributed by atoms with Gasteiger partial charge in [0.15, 0.2) is 0 Å². The zero-order valence-corrected chi connectivity index (χ0v) is 11.6. The molecule has 0 aromatic heterocycles. The highest BCUT2D eigenvalue weighted by Gasteiger charge is 2.32. The molecule has 4 nitrogen and oxygen atoms in total. The molecule has 4 heteroatoms. The van der Waals surface area contributed by atoms with Gasteiger partial charge in [-0.2, -0.15) is 0 Å².